The monoisotopic (exact) mass is 426 g/mol. The van der Waals surface area contributed by atoms with Gasteiger partial charge in [0.2, 0.25) is 0 Å². The van der Waals surface area contributed by atoms with Crippen molar-refractivity contribution >= 4 is 28.1 Å². The molecular formula is C20H19BrN4O2. The zero-order chi connectivity index (χ0) is 19.2. The molecule has 6 nitrogen and oxygen atoms in total. The highest BCUT2D eigenvalue weighted by molar-refractivity contribution is 9.10. The van der Waals surface area contributed by atoms with Gasteiger partial charge >= 0.3 is 0 Å². The molecule has 138 valence electrons. The summed E-state index contributed by atoms with van der Waals surface area (Å²) in [5.74, 6) is 0.141. The van der Waals surface area contributed by atoms with Crippen molar-refractivity contribution in [3.8, 4) is 5.75 Å². The van der Waals surface area contributed by atoms with Crippen LogP contribution < -0.4 is 10.2 Å². The smallest absolute Gasteiger partial charge is 0.275 e. The predicted molar refractivity (Wildman–Crippen MR) is 108 cm³/mol. The van der Waals surface area contributed by atoms with E-state index in [0.717, 1.165) is 21.3 Å². The summed E-state index contributed by atoms with van der Waals surface area (Å²) in [7, 11) is 1.85. The third-order valence-corrected chi connectivity index (χ3v) is 4.56. The van der Waals surface area contributed by atoms with Gasteiger partial charge in [-0.05, 0) is 30.7 Å². The molecule has 0 aliphatic rings. The van der Waals surface area contributed by atoms with E-state index < -0.39 is 0 Å². The summed E-state index contributed by atoms with van der Waals surface area (Å²) in [6.45, 7) is 2.30. The topological polar surface area (TPSA) is 68.5 Å². The van der Waals surface area contributed by atoms with Gasteiger partial charge in [0.15, 0.2) is 0 Å². The quantitative estimate of drug-likeness (QED) is 0.480. The van der Waals surface area contributed by atoms with E-state index in [1.807, 2.05) is 44.3 Å². The molecule has 27 heavy (non-hydrogen) atoms. The van der Waals surface area contributed by atoms with Gasteiger partial charge < -0.3 is 4.74 Å². The van der Waals surface area contributed by atoms with Crippen LogP contribution >= 0.6 is 15.9 Å². The Morgan fingerprint density at radius 3 is 2.78 bits per heavy atom. The molecule has 3 aromatic rings. The Balaban J connectivity index is 1.71. The normalized spacial score (nSPS) is 10.9. The SMILES string of the molecule is Cc1c(C=NNC(=O)c2ccc(Br)cc2OCc2ccccc2)cnn1C. The molecule has 0 fully saturated rings. The number of benzene rings is 2. The molecule has 2 aromatic carbocycles. The van der Waals surface area contributed by atoms with Crippen LogP contribution in [0.5, 0.6) is 5.75 Å². The van der Waals surface area contributed by atoms with Gasteiger partial charge in [0.1, 0.15) is 12.4 Å². The van der Waals surface area contributed by atoms with Gasteiger partial charge in [-0.3, -0.25) is 9.48 Å². The molecular weight excluding hydrogens is 408 g/mol. The number of halogens is 1. The molecule has 0 aliphatic heterocycles. The van der Waals surface area contributed by atoms with Crippen molar-refractivity contribution in [3.63, 3.8) is 0 Å². The number of aromatic nitrogens is 2. The van der Waals surface area contributed by atoms with Gasteiger partial charge in [0, 0.05) is 22.8 Å². The first-order valence-corrected chi connectivity index (χ1v) is 9.12. The summed E-state index contributed by atoms with van der Waals surface area (Å²) in [5, 5.41) is 8.17. The summed E-state index contributed by atoms with van der Waals surface area (Å²) < 4.78 is 8.43. The molecule has 7 heteroatoms. The molecule has 0 saturated heterocycles. The van der Waals surface area contributed by atoms with E-state index in [1.165, 1.54) is 0 Å². The molecule has 0 radical (unpaired) electrons. The first kappa shape index (κ1) is 18.8. The lowest BCUT2D eigenvalue weighted by atomic mass is 10.2. The minimum Gasteiger partial charge on any atom is -0.488 e. The summed E-state index contributed by atoms with van der Waals surface area (Å²) in [6, 6.07) is 15.0. The molecule has 0 bridgehead atoms. The van der Waals surface area contributed by atoms with Crippen molar-refractivity contribution in [1.29, 1.82) is 0 Å². The fourth-order valence-electron chi connectivity index (χ4n) is 2.40. The average molecular weight is 427 g/mol. The summed E-state index contributed by atoms with van der Waals surface area (Å²) in [4.78, 5) is 12.5. The molecule has 3 rings (SSSR count). The van der Waals surface area contributed by atoms with E-state index in [-0.39, 0.29) is 5.91 Å². The number of nitrogens with zero attached hydrogens (tertiary/aromatic N) is 3. The summed E-state index contributed by atoms with van der Waals surface area (Å²) in [5.41, 5.74) is 5.78. The Morgan fingerprint density at radius 1 is 1.30 bits per heavy atom. The van der Waals surface area contributed by atoms with Crippen LogP contribution in [0.2, 0.25) is 0 Å². The number of nitrogens with one attached hydrogen (secondary N) is 1. The Morgan fingerprint density at radius 2 is 2.07 bits per heavy atom. The summed E-state index contributed by atoms with van der Waals surface area (Å²) in [6.07, 6.45) is 3.27. The molecule has 1 N–H and O–H groups in total. The Labute approximate surface area is 166 Å². The molecule has 0 unspecified atom stereocenters. The van der Waals surface area contributed by atoms with Gasteiger partial charge in [0.05, 0.1) is 18.0 Å². The van der Waals surface area contributed by atoms with Crippen molar-refractivity contribution in [2.45, 2.75) is 13.5 Å². The zero-order valence-electron chi connectivity index (χ0n) is 15.0. The van der Waals surface area contributed by atoms with Crippen LogP contribution in [0.15, 0.2) is 64.3 Å². The van der Waals surface area contributed by atoms with E-state index in [2.05, 4.69) is 31.6 Å². The van der Waals surface area contributed by atoms with E-state index in [4.69, 9.17) is 4.74 Å². The van der Waals surface area contributed by atoms with Gasteiger partial charge in [-0.2, -0.15) is 10.2 Å². The van der Waals surface area contributed by atoms with Crippen LogP contribution in [0.25, 0.3) is 0 Å². The van der Waals surface area contributed by atoms with Crippen molar-refractivity contribution in [2.75, 3.05) is 0 Å². The van der Waals surface area contributed by atoms with Crippen LogP contribution in [-0.2, 0) is 13.7 Å². The van der Waals surface area contributed by atoms with E-state index in [1.54, 1.807) is 35.3 Å². The van der Waals surface area contributed by atoms with Gasteiger partial charge in [-0.25, -0.2) is 5.43 Å². The first-order chi connectivity index (χ1) is 13.0. The average Bonchev–Trinajstić information content (AvgIpc) is 2.99. The number of amides is 1. The number of ether oxygens (including phenoxy) is 1. The van der Waals surface area contributed by atoms with E-state index in [0.29, 0.717) is 17.9 Å². The lowest BCUT2D eigenvalue weighted by Gasteiger charge is -2.11. The molecule has 0 atom stereocenters. The van der Waals surface area contributed by atoms with Crippen molar-refractivity contribution in [1.82, 2.24) is 15.2 Å². The predicted octanol–water partition coefficient (Wildman–Crippen LogP) is 3.83. The zero-order valence-corrected chi connectivity index (χ0v) is 16.6. The number of carbonyl (C=O) groups is 1. The van der Waals surface area contributed by atoms with E-state index >= 15 is 0 Å². The number of rotatable bonds is 6. The van der Waals surface area contributed by atoms with Crippen LogP contribution in [0.4, 0.5) is 0 Å². The molecule has 1 amide bonds. The number of carbonyl (C=O) groups excluding carboxylic acids is 1. The lowest BCUT2D eigenvalue weighted by Crippen LogP contribution is -2.18. The Kier molecular flexibility index (Phi) is 6.03. The number of hydrazone groups is 1. The highest BCUT2D eigenvalue weighted by Gasteiger charge is 2.13. The van der Waals surface area contributed by atoms with Crippen LogP contribution in [0.1, 0.15) is 27.2 Å². The third kappa shape index (κ3) is 4.83. The van der Waals surface area contributed by atoms with Crippen molar-refractivity contribution in [3.05, 3.63) is 81.6 Å². The second kappa shape index (κ2) is 8.64. The minimum absolute atomic E-state index is 0.344. The summed E-state index contributed by atoms with van der Waals surface area (Å²) >= 11 is 3.41. The van der Waals surface area contributed by atoms with E-state index in [9.17, 15) is 4.79 Å². The Hall–Kier alpha value is -2.93. The fourth-order valence-corrected chi connectivity index (χ4v) is 2.74. The van der Waals surface area contributed by atoms with Gasteiger partial charge in [0.25, 0.3) is 5.91 Å². The Bertz CT molecular complexity index is 967. The lowest BCUT2D eigenvalue weighted by molar-refractivity contribution is 0.0950. The van der Waals surface area contributed by atoms with Crippen LogP contribution in [0.3, 0.4) is 0 Å². The highest BCUT2D eigenvalue weighted by atomic mass is 79.9. The van der Waals surface area contributed by atoms with Crippen LogP contribution in [0, 0.1) is 6.92 Å². The molecule has 0 saturated carbocycles. The standard InChI is InChI=1S/C20H19BrN4O2/c1-14-16(12-23-25(14)2)11-22-24-20(26)18-9-8-17(21)10-19(18)27-13-15-6-4-3-5-7-15/h3-12H,13H2,1-2H3,(H,24,26). The molecule has 1 aromatic heterocycles. The second-order valence-corrected chi connectivity index (χ2v) is 6.84. The number of hydrogen-bond acceptors (Lipinski definition) is 4. The fraction of sp³-hybridized carbons (Fsp3) is 0.150. The molecule has 1 heterocycles. The van der Waals surface area contributed by atoms with Crippen molar-refractivity contribution in [2.24, 2.45) is 12.1 Å². The number of aryl methyl sites for hydroxylation is 1. The maximum Gasteiger partial charge on any atom is 0.275 e. The minimum atomic E-state index is -0.344. The first-order valence-electron chi connectivity index (χ1n) is 8.33. The van der Waals surface area contributed by atoms with Gasteiger partial charge in [-0.15, -0.1) is 0 Å². The molecule has 0 aliphatic carbocycles. The third-order valence-electron chi connectivity index (χ3n) is 4.07. The largest absolute Gasteiger partial charge is 0.488 e. The van der Waals surface area contributed by atoms with Gasteiger partial charge in [-0.1, -0.05) is 46.3 Å². The second-order valence-electron chi connectivity index (χ2n) is 5.92. The highest BCUT2D eigenvalue weighted by Crippen LogP contribution is 2.24. The van der Waals surface area contributed by atoms with Crippen LogP contribution in [-0.4, -0.2) is 21.9 Å². The maximum absolute atomic E-state index is 12.5. The maximum atomic E-state index is 12.5. The number of hydrogen-bond donors (Lipinski definition) is 1. The van der Waals surface area contributed by atoms with Crippen molar-refractivity contribution < 1.29 is 9.53 Å². The molecule has 0 spiro atoms.